The van der Waals surface area contributed by atoms with Crippen molar-refractivity contribution in [3.05, 3.63) is 83.9 Å². The normalized spacial score (nSPS) is 16.2. The number of aromatic nitrogens is 2. The third-order valence-corrected chi connectivity index (χ3v) is 4.60. The van der Waals surface area contributed by atoms with E-state index in [1.54, 1.807) is 12.5 Å². The van der Waals surface area contributed by atoms with Gasteiger partial charge in [-0.3, -0.25) is 4.79 Å². The Bertz CT molecular complexity index is 856. The van der Waals surface area contributed by atoms with Gasteiger partial charge in [0, 0.05) is 31.2 Å². The van der Waals surface area contributed by atoms with Crippen LogP contribution in [0.5, 0.6) is 0 Å². The second-order valence-electron chi connectivity index (χ2n) is 6.26. The van der Waals surface area contributed by atoms with Crippen molar-refractivity contribution in [2.24, 2.45) is 0 Å². The van der Waals surface area contributed by atoms with Crippen molar-refractivity contribution in [3.63, 3.8) is 0 Å². The summed E-state index contributed by atoms with van der Waals surface area (Å²) in [4.78, 5) is 16.5. The Hall–Kier alpha value is -2.92. The quantitative estimate of drug-likeness (QED) is 0.770. The van der Waals surface area contributed by atoms with E-state index in [1.807, 2.05) is 47.2 Å². The van der Waals surface area contributed by atoms with Crippen molar-refractivity contribution in [2.75, 3.05) is 0 Å². The van der Waals surface area contributed by atoms with Crippen LogP contribution in [-0.4, -0.2) is 21.5 Å². The summed E-state index contributed by atoms with van der Waals surface area (Å²) in [5.74, 6) is 0.0492. The van der Waals surface area contributed by atoms with Crippen LogP contribution in [0.3, 0.4) is 0 Å². The summed E-state index contributed by atoms with van der Waals surface area (Å²) in [5, 5.41) is 6.35. The molecule has 3 aromatic rings. The fraction of sp³-hybridized carbons (Fsp3) is 0.200. The molecule has 0 radical (unpaired) electrons. The fourth-order valence-corrected chi connectivity index (χ4v) is 3.15. The maximum atomic E-state index is 12.4. The van der Waals surface area contributed by atoms with E-state index in [-0.39, 0.29) is 11.9 Å². The molecule has 0 saturated heterocycles. The highest BCUT2D eigenvalue weighted by atomic mass is 16.2. The Morgan fingerprint density at radius 1 is 1.16 bits per heavy atom. The zero-order chi connectivity index (χ0) is 17.1. The SMILES string of the molecule is O=C(NCc1ccc(-n2ccnc2)cc1)C1Cc2ccccc2CN1. The average molecular weight is 332 g/mol. The molecule has 2 N–H and O–H groups in total. The highest BCUT2D eigenvalue weighted by molar-refractivity contribution is 5.82. The molecule has 1 aliphatic rings. The minimum atomic E-state index is -0.167. The predicted octanol–water partition coefficient (Wildman–Crippen LogP) is 2.20. The molecule has 1 amide bonds. The standard InChI is InChI=1S/C20H20N4O/c25-20(19-11-16-3-1-2-4-17(16)13-22-19)23-12-15-5-7-18(8-6-15)24-10-9-21-14-24/h1-10,14,19,22H,11-13H2,(H,23,25). The van der Waals surface area contributed by atoms with Crippen LogP contribution >= 0.6 is 0 Å². The first-order chi connectivity index (χ1) is 12.3. The molecule has 25 heavy (non-hydrogen) atoms. The minimum Gasteiger partial charge on any atom is -0.351 e. The Morgan fingerprint density at radius 3 is 2.72 bits per heavy atom. The Kier molecular flexibility index (Phi) is 4.31. The molecule has 5 nitrogen and oxygen atoms in total. The van der Waals surface area contributed by atoms with Crippen LogP contribution in [-0.2, 0) is 24.3 Å². The van der Waals surface area contributed by atoms with Crippen LogP contribution in [0.25, 0.3) is 5.69 Å². The topological polar surface area (TPSA) is 59.0 Å². The molecular weight excluding hydrogens is 312 g/mol. The van der Waals surface area contributed by atoms with Crippen LogP contribution in [0.1, 0.15) is 16.7 Å². The number of fused-ring (bicyclic) bond motifs is 1. The first kappa shape index (κ1) is 15.6. The highest BCUT2D eigenvalue weighted by Crippen LogP contribution is 2.16. The molecule has 0 saturated carbocycles. The van der Waals surface area contributed by atoms with Gasteiger partial charge < -0.3 is 15.2 Å². The second kappa shape index (κ2) is 6.91. The van der Waals surface area contributed by atoms with Crippen LogP contribution in [0, 0.1) is 0 Å². The number of hydrogen-bond acceptors (Lipinski definition) is 3. The van der Waals surface area contributed by atoms with Gasteiger partial charge in [0.15, 0.2) is 0 Å². The molecule has 1 aromatic heterocycles. The van der Waals surface area contributed by atoms with Crippen molar-refractivity contribution in [2.45, 2.75) is 25.6 Å². The molecule has 0 bridgehead atoms. The number of nitrogens with one attached hydrogen (secondary N) is 2. The lowest BCUT2D eigenvalue weighted by Crippen LogP contribution is -2.47. The van der Waals surface area contributed by atoms with Gasteiger partial charge in [-0.2, -0.15) is 0 Å². The Labute approximate surface area is 146 Å². The molecule has 1 aliphatic heterocycles. The zero-order valence-corrected chi connectivity index (χ0v) is 13.9. The van der Waals surface area contributed by atoms with E-state index >= 15 is 0 Å². The van der Waals surface area contributed by atoms with Crippen LogP contribution in [0.2, 0.25) is 0 Å². The number of amides is 1. The van der Waals surface area contributed by atoms with Gasteiger partial charge in [-0.15, -0.1) is 0 Å². The molecule has 0 fully saturated rings. The molecule has 4 rings (SSSR count). The van der Waals surface area contributed by atoms with E-state index in [9.17, 15) is 4.79 Å². The van der Waals surface area contributed by atoms with Gasteiger partial charge in [0.1, 0.15) is 0 Å². The highest BCUT2D eigenvalue weighted by Gasteiger charge is 2.23. The van der Waals surface area contributed by atoms with Crippen molar-refractivity contribution in [3.8, 4) is 5.69 Å². The first-order valence-electron chi connectivity index (χ1n) is 8.45. The van der Waals surface area contributed by atoms with Gasteiger partial charge in [0.05, 0.1) is 12.4 Å². The lowest BCUT2D eigenvalue weighted by molar-refractivity contribution is -0.123. The van der Waals surface area contributed by atoms with Crippen molar-refractivity contribution < 1.29 is 4.79 Å². The van der Waals surface area contributed by atoms with Gasteiger partial charge in [-0.1, -0.05) is 36.4 Å². The summed E-state index contributed by atoms with van der Waals surface area (Å²) < 4.78 is 1.95. The Morgan fingerprint density at radius 2 is 1.96 bits per heavy atom. The van der Waals surface area contributed by atoms with Gasteiger partial charge in [-0.25, -0.2) is 4.98 Å². The Balaban J connectivity index is 1.35. The number of carbonyl (C=O) groups is 1. The summed E-state index contributed by atoms with van der Waals surface area (Å²) in [6.07, 6.45) is 6.16. The molecule has 126 valence electrons. The summed E-state index contributed by atoms with van der Waals surface area (Å²) in [6, 6.07) is 16.2. The second-order valence-corrected chi connectivity index (χ2v) is 6.26. The third-order valence-electron chi connectivity index (χ3n) is 4.60. The maximum Gasteiger partial charge on any atom is 0.237 e. The van der Waals surface area contributed by atoms with Gasteiger partial charge >= 0.3 is 0 Å². The van der Waals surface area contributed by atoms with Gasteiger partial charge in [-0.05, 0) is 35.2 Å². The molecular formula is C20H20N4O. The number of benzene rings is 2. The van der Waals surface area contributed by atoms with Crippen molar-refractivity contribution in [1.29, 1.82) is 0 Å². The maximum absolute atomic E-state index is 12.4. The predicted molar refractivity (Wildman–Crippen MR) is 96.2 cm³/mol. The van der Waals surface area contributed by atoms with Gasteiger partial charge in [0.2, 0.25) is 5.91 Å². The van der Waals surface area contributed by atoms with Crippen LogP contribution in [0.4, 0.5) is 0 Å². The van der Waals surface area contributed by atoms with E-state index in [0.29, 0.717) is 6.54 Å². The molecule has 1 unspecified atom stereocenters. The number of imidazole rings is 1. The third kappa shape index (κ3) is 3.46. The zero-order valence-electron chi connectivity index (χ0n) is 13.9. The van der Waals surface area contributed by atoms with E-state index in [4.69, 9.17) is 0 Å². The molecule has 2 aromatic carbocycles. The monoisotopic (exact) mass is 332 g/mol. The van der Waals surface area contributed by atoms with Crippen molar-refractivity contribution in [1.82, 2.24) is 20.2 Å². The number of rotatable bonds is 4. The number of nitrogens with zero attached hydrogens (tertiary/aromatic N) is 2. The van der Waals surface area contributed by atoms with E-state index in [0.717, 1.165) is 24.2 Å². The number of carbonyl (C=O) groups excluding carboxylic acids is 1. The lowest BCUT2D eigenvalue weighted by Gasteiger charge is -2.25. The number of hydrogen-bond donors (Lipinski definition) is 2. The van der Waals surface area contributed by atoms with E-state index in [2.05, 4.69) is 27.8 Å². The molecule has 0 spiro atoms. The van der Waals surface area contributed by atoms with Crippen LogP contribution < -0.4 is 10.6 Å². The van der Waals surface area contributed by atoms with Crippen molar-refractivity contribution >= 4 is 5.91 Å². The molecule has 2 heterocycles. The van der Waals surface area contributed by atoms with E-state index < -0.39 is 0 Å². The molecule has 1 atom stereocenters. The summed E-state index contributed by atoms with van der Waals surface area (Å²) >= 11 is 0. The average Bonchev–Trinajstić information content (AvgIpc) is 3.21. The largest absolute Gasteiger partial charge is 0.351 e. The smallest absolute Gasteiger partial charge is 0.237 e. The summed E-state index contributed by atoms with van der Waals surface area (Å²) in [5.41, 5.74) is 4.67. The fourth-order valence-electron chi connectivity index (χ4n) is 3.15. The minimum absolute atomic E-state index is 0.0492. The lowest BCUT2D eigenvalue weighted by atomic mass is 9.95. The first-order valence-corrected chi connectivity index (χ1v) is 8.45. The van der Waals surface area contributed by atoms with E-state index in [1.165, 1.54) is 11.1 Å². The van der Waals surface area contributed by atoms with Crippen LogP contribution in [0.15, 0.2) is 67.3 Å². The molecule has 5 heteroatoms. The summed E-state index contributed by atoms with van der Waals surface area (Å²) in [6.45, 7) is 1.27. The van der Waals surface area contributed by atoms with Gasteiger partial charge in [0.25, 0.3) is 0 Å². The molecule has 0 aliphatic carbocycles. The summed E-state index contributed by atoms with van der Waals surface area (Å²) in [7, 11) is 0.